The predicted molar refractivity (Wildman–Crippen MR) is 123 cm³/mol. The fourth-order valence-electron chi connectivity index (χ4n) is 3.20. The van der Waals surface area contributed by atoms with Crippen molar-refractivity contribution in [3.63, 3.8) is 0 Å². The van der Waals surface area contributed by atoms with Gasteiger partial charge in [-0.2, -0.15) is 0 Å². The first-order valence-corrected chi connectivity index (χ1v) is 11.7. The van der Waals surface area contributed by atoms with E-state index < -0.39 is 15.9 Å². The Balaban J connectivity index is 1.89. The first kappa shape index (κ1) is 20.4. The van der Waals surface area contributed by atoms with Crippen molar-refractivity contribution in [1.29, 1.82) is 0 Å². The van der Waals surface area contributed by atoms with Crippen molar-refractivity contribution in [3.05, 3.63) is 57.4 Å². The summed E-state index contributed by atoms with van der Waals surface area (Å²) in [4.78, 5) is 17.2. The molecular weight excluding hydrogens is 521 g/mol. The van der Waals surface area contributed by atoms with Crippen LogP contribution in [0.5, 0.6) is 5.75 Å². The van der Waals surface area contributed by atoms with Gasteiger partial charge in [-0.15, -0.1) is 0 Å². The van der Waals surface area contributed by atoms with Gasteiger partial charge in [-0.3, -0.25) is 14.5 Å². The van der Waals surface area contributed by atoms with Gasteiger partial charge in [-0.25, -0.2) is 8.42 Å². The molecular formula is C20H16IN3O5S. The third kappa shape index (κ3) is 3.79. The van der Waals surface area contributed by atoms with Crippen molar-refractivity contribution in [2.45, 2.75) is 6.92 Å². The number of carbonyl (C=O) groups excluding carboxylic acids is 1. The normalized spacial score (nSPS) is 11.7. The molecule has 3 N–H and O–H groups in total. The third-order valence-electron chi connectivity index (χ3n) is 4.47. The second-order valence-corrected chi connectivity index (χ2v) is 9.70. The number of nitrogens with one attached hydrogen (secondary N) is 2. The minimum Gasteiger partial charge on any atom is -0.504 e. The number of hydrogen-bond acceptors (Lipinski definition) is 6. The number of halogens is 1. The molecule has 0 aliphatic heterocycles. The summed E-state index contributed by atoms with van der Waals surface area (Å²) in [7, 11) is -3.48. The molecule has 2 aromatic carbocycles. The number of aryl methyl sites for hydroxylation is 1. The van der Waals surface area contributed by atoms with Crippen molar-refractivity contribution in [3.8, 4) is 5.75 Å². The molecule has 0 radical (unpaired) electrons. The Morgan fingerprint density at radius 1 is 1.20 bits per heavy atom. The molecule has 8 nitrogen and oxygen atoms in total. The third-order valence-corrected chi connectivity index (χ3v) is 5.90. The molecule has 0 fully saturated rings. The second-order valence-electron chi connectivity index (χ2n) is 6.79. The SMILES string of the molecule is Cc1cncc(I)c1NC(=O)c1ccc(O)c2oc3ccc(NS(C)(=O)=O)cc3c12. The number of amides is 1. The molecule has 2 heterocycles. The summed E-state index contributed by atoms with van der Waals surface area (Å²) in [5.41, 5.74) is 2.61. The van der Waals surface area contributed by atoms with Crippen LogP contribution < -0.4 is 10.0 Å². The van der Waals surface area contributed by atoms with Crippen molar-refractivity contribution in [2.75, 3.05) is 16.3 Å². The molecule has 4 aromatic rings. The van der Waals surface area contributed by atoms with E-state index in [-0.39, 0.29) is 16.9 Å². The van der Waals surface area contributed by atoms with Gasteiger partial charge in [0.15, 0.2) is 11.3 Å². The average molecular weight is 537 g/mol. The number of rotatable bonds is 4. The maximum Gasteiger partial charge on any atom is 0.256 e. The number of hydrogen-bond donors (Lipinski definition) is 3. The molecule has 0 aliphatic carbocycles. The molecule has 10 heteroatoms. The number of nitrogens with zero attached hydrogens (tertiary/aromatic N) is 1. The van der Waals surface area contributed by atoms with E-state index in [9.17, 15) is 18.3 Å². The van der Waals surface area contributed by atoms with Crippen molar-refractivity contribution >= 4 is 71.8 Å². The van der Waals surface area contributed by atoms with Gasteiger partial charge in [0.25, 0.3) is 5.91 Å². The lowest BCUT2D eigenvalue weighted by atomic mass is 10.0. The zero-order chi connectivity index (χ0) is 21.6. The maximum absolute atomic E-state index is 13.1. The summed E-state index contributed by atoms with van der Waals surface area (Å²) in [5, 5.41) is 14.0. The average Bonchev–Trinajstić information content (AvgIpc) is 3.03. The molecule has 30 heavy (non-hydrogen) atoms. The van der Waals surface area contributed by atoms with Gasteiger partial charge in [0.2, 0.25) is 10.0 Å². The molecule has 0 saturated carbocycles. The Kier molecular flexibility index (Phi) is 5.06. The van der Waals surface area contributed by atoms with Crippen LogP contribution in [0.25, 0.3) is 21.9 Å². The van der Waals surface area contributed by atoms with Gasteiger partial charge in [0, 0.05) is 28.9 Å². The Hall–Kier alpha value is -2.86. The number of carbonyl (C=O) groups is 1. The highest BCUT2D eigenvalue weighted by Crippen LogP contribution is 2.38. The van der Waals surface area contributed by atoms with Gasteiger partial charge < -0.3 is 14.8 Å². The zero-order valence-corrected chi connectivity index (χ0v) is 18.8. The summed E-state index contributed by atoms with van der Waals surface area (Å²) in [5.74, 6) is -0.513. The molecule has 0 bridgehead atoms. The van der Waals surface area contributed by atoms with Crippen LogP contribution in [-0.4, -0.2) is 30.7 Å². The van der Waals surface area contributed by atoms with E-state index in [0.29, 0.717) is 27.7 Å². The quantitative estimate of drug-likeness (QED) is 0.335. The highest BCUT2D eigenvalue weighted by molar-refractivity contribution is 14.1. The molecule has 0 unspecified atom stereocenters. The summed E-state index contributed by atoms with van der Waals surface area (Å²) < 4.78 is 32.1. The van der Waals surface area contributed by atoms with Crippen LogP contribution in [0.1, 0.15) is 15.9 Å². The number of benzene rings is 2. The summed E-state index contributed by atoms with van der Waals surface area (Å²) in [6.45, 7) is 1.84. The lowest BCUT2D eigenvalue weighted by molar-refractivity contribution is 0.102. The minimum absolute atomic E-state index is 0.120. The van der Waals surface area contributed by atoms with Crippen molar-refractivity contribution in [2.24, 2.45) is 0 Å². The number of phenols is 1. The molecule has 154 valence electrons. The smallest absolute Gasteiger partial charge is 0.256 e. The summed E-state index contributed by atoms with van der Waals surface area (Å²) in [6.07, 6.45) is 4.35. The van der Waals surface area contributed by atoms with Gasteiger partial charge in [-0.05, 0) is 65.4 Å². The lowest BCUT2D eigenvalue weighted by Gasteiger charge is -2.11. The van der Waals surface area contributed by atoms with Gasteiger partial charge in [-0.1, -0.05) is 0 Å². The number of sulfonamides is 1. The lowest BCUT2D eigenvalue weighted by Crippen LogP contribution is -2.14. The maximum atomic E-state index is 13.1. The Labute approximate surface area is 185 Å². The molecule has 0 aliphatic rings. The van der Waals surface area contributed by atoms with Crippen LogP contribution in [0.15, 0.2) is 47.1 Å². The molecule has 0 saturated heterocycles. The van der Waals surface area contributed by atoms with Crippen LogP contribution in [0.4, 0.5) is 11.4 Å². The number of phenolic OH excluding ortho intramolecular Hbond substituents is 1. The number of fused-ring (bicyclic) bond motifs is 3. The van der Waals surface area contributed by atoms with Crippen LogP contribution in [-0.2, 0) is 10.0 Å². The minimum atomic E-state index is -3.48. The van der Waals surface area contributed by atoms with E-state index in [1.807, 2.05) is 6.92 Å². The number of pyridine rings is 1. The van der Waals surface area contributed by atoms with E-state index in [1.165, 1.54) is 12.1 Å². The highest BCUT2D eigenvalue weighted by Gasteiger charge is 2.21. The zero-order valence-electron chi connectivity index (χ0n) is 15.9. The first-order valence-electron chi connectivity index (χ1n) is 8.71. The molecule has 4 rings (SSSR count). The monoisotopic (exact) mass is 537 g/mol. The number of aromatic nitrogens is 1. The number of aromatic hydroxyl groups is 1. The Bertz CT molecular complexity index is 1410. The second kappa shape index (κ2) is 7.43. The molecule has 0 spiro atoms. The number of anilines is 2. The van der Waals surface area contributed by atoms with Gasteiger partial charge in [0.1, 0.15) is 5.58 Å². The largest absolute Gasteiger partial charge is 0.504 e. The standard InChI is InChI=1S/C20H16IN3O5S/c1-10-8-22-9-14(21)18(10)23-20(26)12-4-5-15(25)19-17(12)13-7-11(24-30(2,27)28)3-6-16(13)29-19/h3-9,24-25H,1-2H3,(H,22,23,26). The predicted octanol–water partition coefficient (Wildman–Crippen LogP) is 4.22. The Morgan fingerprint density at radius 2 is 1.97 bits per heavy atom. The van der Waals surface area contributed by atoms with Crippen LogP contribution in [0, 0.1) is 10.5 Å². The molecule has 1 amide bonds. The van der Waals surface area contributed by atoms with E-state index in [0.717, 1.165) is 15.4 Å². The van der Waals surface area contributed by atoms with Crippen LogP contribution in [0.3, 0.4) is 0 Å². The van der Waals surface area contributed by atoms with Crippen molar-refractivity contribution < 1.29 is 22.7 Å². The van der Waals surface area contributed by atoms with E-state index in [4.69, 9.17) is 4.42 Å². The molecule has 2 aromatic heterocycles. The fraction of sp³-hybridized carbons (Fsp3) is 0.100. The van der Waals surface area contributed by atoms with Crippen LogP contribution in [0.2, 0.25) is 0 Å². The van der Waals surface area contributed by atoms with Gasteiger partial charge in [0.05, 0.1) is 21.1 Å². The molecule has 0 atom stereocenters. The van der Waals surface area contributed by atoms with E-state index in [2.05, 4.69) is 37.6 Å². The Morgan fingerprint density at radius 3 is 2.67 bits per heavy atom. The van der Waals surface area contributed by atoms with E-state index in [1.54, 1.807) is 30.6 Å². The number of furan rings is 1. The van der Waals surface area contributed by atoms with Crippen molar-refractivity contribution in [1.82, 2.24) is 4.98 Å². The highest BCUT2D eigenvalue weighted by atomic mass is 127. The summed E-state index contributed by atoms with van der Waals surface area (Å²) in [6, 6.07) is 7.59. The first-order chi connectivity index (χ1) is 14.1. The summed E-state index contributed by atoms with van der Waals surface area (Å²) >= 11 is 2.09. The van der Waals surface area contributed by atoms with E-state index >= 15 is 0 Å². The topological polar surface area (TPSA) is 122 Å². The van der Waals surface area contributed by atoms with Crippen LogP contribution >= 0.6 is 22.6 Å². The van der Waals surface area contributed by atoms with Gasteiger partial charge >= 0.3 is 0 Å². The fourth-order valence-corrected chi connectivity index (χ4v) is 4.48.